The molecule has 0 aliphatic heterocycles. The molecule has 0 bridgehead atoms. The Hall–Kier alpha value is -2.03. The lowest BCUT2D eigenvalue weighted by Gasteiger charge is -2.17. The fraction of sp³-hybridized carbons (Fsp3) is 0.294. The van der Waals surface area contributed by atoms with Gasteiger partial charge >= 0.3 is 0 Å². The molecular weight excluding hydrogens is 253 g/mol. The molecule has 1 aliphatic carbocycles. The van der Waals surface area contributed by atoms with Crippen LogP contribution in [0.5, 0.6) is 5.75 Å². The number of fused-ring (bicyclic) bond motifs is 1. The Balaban J connectivity index is 1.82. The molecule has 0 aromatic heterocycles. The lowest BCUT2D eigenvalue weighted by atomic mass is 10.1. The molecule has 1 aliphatic rings. The fourth-order valence-corrected chi connectivity index (χ4v) is 2.91. The number of benzene rings is 2. The van der Waals surface area contributed by atoms with Crippen LogP contribution in [0.4, 0.5) is 10.1 Å². The highest BCUT2D eigenvalue weighted by Gasteiger charge is 2.22. The predicted octanol–water partition coefficient (Wildman–Crippen LogP) is 4.24. The molecule has 3 rings (SSSR count). The third-order valence-electron chi connectivity index (χ3n) is 3.92. The fourth-order valence-electron chi connectivity index (χ4n) is 2.91. The molecular formula is C17H18FNO. The van der Waals surface area contributed by atoms with Crippen LogP contribution in [-0.4, -0.2) is 7.11 Å². The molecule has 104 valence electrons. The molecule has 20 heavy (non-hydrogen) atoms. The van der Waals surface area contributed by atoms with Crippen molar-refractivity contribution in [3.05, 3.63) is 58.9 Å². The van der Waals surface area contributed by atoms with Crippen molar-refractivity contribution in [2.45, 2.75) is 25.8 Å². The number of hydrogen-bond acceptors (Lipinski definition) is 2. The van der Waals surface area contributed by atoms with Crippen LogP contribution < -0.4 is 10.1 Å². The average Bonchev–Trinajstić information content (AvgIpc) is 2.81. The standard InChI is InChI=1S/C17H18FNO/c1-11-9-14(5-8-17(11)20-2)19-16-7-3-12-10-13(18)4-6-15(12)16/h4-6,8-10,16,19H,3,7H2,1-2H3. The van der Waals surface area contributed by atoms with E-state index in [1.165, 1.54) is 11.6 Å². The molecule has 2 aromatic carbocycles. The van der Waals surface area contributed by atoms with E-state index < -0.39 is 0 Å². The number of nitrogens with one attached hydrogen (secondary N) is 1. The Labute approximate surface area is 118 Å². The maximum absolute atomic E-state index is 13.2. The van der Waals surface area contributed by atoms with Crippen molar-refractivity contribution in [2.75, 3.05) is 12.4 Å². The van der Waals surface area contributed by atoms with Gasteiger partial charge in [0.25, 0.3) is 0 Å². The Morgan fingerprint density at radius 1 is 1.20 bits per heavy atom. The number of rotatable bonds is 3. The number of anilines is 1. The monoisotopic (exact) mass is 271 g/mol. The molecule has 0 saturated heterocycles. The summed E-state index contributed by atoms with van der Waals surface area (Å²) in [5.41, 5.74) is 4.51. The molecule has 0 heterocycles. The molecule has 3 heteroatoms. The summed E-state index contributed by atoms with van der Waals surface area (Å²) in [5, 5.41) is 3.53. The first-order valence-electron chi connectivity index (χ1n) is 6.87. The van der Waals surface area contributed by atoms with Gasteiger partial charge in [-0.15, -0.1) is 0 Å². The molecule has 2 nitrogen and oxygen atoms in total. The normalized spacial score (nSPS) is 16.9. The first-order valence-corrected chi connectivity index (χ1v) is 6.87. The van der Waals surface area contributed by atoms with Crippen LogP contribution in [0, 0.1) is 12.7 Å². The molecule has 0 spiro atoms. The van der Waals surface area contributed by atoms with Gasteiger partial charge in [-0.05, 0) is 66.8 Å². The van der Waals surface area contributed by atoms with Crippen molar-refractivity contribution in [3.63, 3.8) is 0 Å². The number of methoxy groups -OCH3 is 1. The smallest absolute Gasteiger partial charge is 0.123 e. The largest absolute Gasteiger partial charge is 0.496 e. The summed E-state index contributed by atoms with van der Waals surface area (Å²) in [6.07, 6.45) is 1.93. The third-order valence-corrected chi connectivity index (χ3v) is 3.92. The summed E-state index contributed by atoms with van der Waals surface area (Å²) in [4.78, 5) is 0. The van der Waals surface area contributed by atoms with Crippen LogP contribution in [0.25, 0.3) is 0 Å². The zero-order valence-corrected chi connectivity index (χ0v) is 11.7. The predicted molar refractivity (Wildman–Crippen MR) is 78.8 cm³/mol. The van der Waals surface area contributed by atoms with E-state index in [9.17, 15) is 4.39 Å². The van der Waals surface area contributed by atoms with Gasteiger partial charge in [0.15, 0.2) is 0 Å². The van der Waals surface area contributed by atoms with E-state index in [-0.39, 0.29) is 11.9 Å². The van der Waals surface area contributed by atoms with E-state index in [2.05, 4.69) is 11.4 Å². The maximum atomic E-state index is 13.2. The summed E-state index contributed by atoms with van der Waals surface area (Å²) in [6.45, 7) is 2.03. The van der Waals surface area contributed by atoms with E-state index in [1.807, 2.05) is 25.1 Å². The van der Waals surface area contributed by atoms with Crippen LogP contribution in [-0.2, 0) is 6.42 Å². The van der Waals surface area contributed by atoms with Crippen LogP contribution >= 0.6 is 0 Å². The Kier molecular flexibility index (Phi) is 3.35. The Morgan fingerprint density at radius 3 is 2.80 bits per heavy atom. The van der Waals surface area contributed by atoms with E-state index in [4.69, 9.17) is 4.74 Å². The van der Waals surface area contributed by atoms with Crippen molar-refractivity contribution >= 4 is 5.69 Å². The van der Waals surface area contributed by atoms with E-state index in [0.717, 1.165) is 35.4 Å². The Bertz CT molecular complexity index is 639. The number of hydrogen-bond donors (Lipinski definition) is 1. The molecule has 1 atom stereocenters. The van der Waals surface area contributed by atoms with Crippen LogP contribution in [0.3, 0.4) is 0 Å². The van der Waals surface area contributed by atoms with Gasteiger partial charge in [-0.1, -0.05) is 6.07 Å². The number of ether oxygens (including phenoxy) is 1. The van der Waals surface area contributed by atoms with Crippen LogP contribution in [0.1, 0.15) is 29.2 Å². The van der Waals surface area contributed by atoms with Crippen molar-refractivity contribution in [1.82, 2.24) is 0 Å². The van der Waals surface area contributed by atoms with Crippen molar-refractivity contribution < 1.29 is 9.13 Å². The summed E-state index contributed by atoms with van der Waals surface area (Å²) in [6, 6.07) is 11.4. The molecule has 2 aromatic rings. The second-order valence-electron chi connectivity index (χ2n) is 5.26. The summed E-state index contributed by atoms with van der Waals surface area (Å²) in [7, 11) is 1.68. The van der Waals surface area contributed by atoms with Gasteiger partial charge in [0, 0.05) is 5.69 Å². The van der Waals surface area contributed by atoms with Crippen molar-refractivity contribution in [1.29, 1.82) is 0 Å². The molecule has 1 N–H and O–H groups in total. The highest BCUT2D eigenvalue weighted by molar-refractivity contribution is 5.53. The van der Waals surface area contributed by atoms with Crippen LogP contribution in [0.2, 0.25) is 0 Å². The zero-order chi connectivity index (χ0) is 14.1. The van der Waals surface area contributed by atoms with E-state index in [1.54, 1.807) is 13.2 Å². The minimum atomic E-state index is -0.148. The molecule has 0 saturated carbocycles. The van der Waals surface area contributed by atoms with E-state index in [0.29, 0.717) is 0 Å². The number of aryl methyl sites for hydroxylation is 2. The van der Waals surface area contributed by atoms with Gasteiger partial charge in [-0.3, -0.25) is 0 Å². The van der Waals surface area contributed by atoms with Gasteiger partial charge in [0.2, 0.25) is 0 Å². The van der Waals surface area contributed by atoms with Gasteiger partial charge in [-0.25, -0.2) is 4.39 Å². The minimum Gasteiger partial charge on any atom is -0.496 e. The summed E-state index contributed by atoms with van der Waals surface area (Å²) in [5.74, 6) is 0.745. The Morgan fingerprint density at radius 2 is 2.05 bits per heavy atom. The van der Waals surface area contributed by atoms with Gasteiger partial charge < -0.3 is 10.1 Å². The number of halogens is 1. The zero-order valence-electron chi connectivity index (χ0n) is 11.7. The lowest BCUT2D eigenvalue weighted by Crippen LogP contribution is -2.07. The van der Waals surface area contributed by atoms with Crippen molar-refractivity contribution in [3.8, 4) is 5.75 Å². The molecule has 0 radical (unpaired) electrons. The van der Waals surface area contributed by atoms with Gasteiger partial charge in [0.05, 0.1) is 13.2 Å². The summed E-state index contributed by atoms with van der Waals surface area (Å²) >= 11 is 0. The first kappa shape index (κ1) is 13.0. The SMILES string of the molecule is COc1ccc(NC2CCc3cc(F)ccc32)cc1C. The second kappa shape index (κ2) is 5.16. The lowest BCUT2D eigenvalue weighted by molar-refractivity contribution is 0.412. The minimum absolute atomic E-state index is 0.148. The van der Waals surface area contributed by atoms with Gasteiger partial charge in [0.1, 0.15) is 11.6 Å². The van der Waals surface area contributed by atoms with Gasteiger partial charge in [-0.2, -0.15) is 0 Å². The third kappa shape index (κ3) is 2.36. The maximum Gasteiger partial charge on any atom is 0.123 e. The molecule has 1 unspecified atom stereocenters. The highest BCUT2D eigenvalue weighted by Crippen LogP contribution is 2.35. The van der Waals surface area contributed by atoms with Crippen molar-refractivity contribution in [2.24, 2.45) is 0 Å². The van der Waals surface area contributed by atoms with E-state index >= 15 is 0 Å². The average molecular weight is 271 g/mol. The molecule has 0 amide bonds. The first-order chi connectivity index (χ1) is 9.67. The molecule has 0 fully saturated rings. The van der Waals surface area contributed by atoms with Crippen LogP contribution in [0.15, 0.2) is 36.4 Å². The summed E-state index contributed by atoms with van der Waals surface area (Å²) < 4.78 is 18.5. The topological polar surface area (TPSA) is 21.3 Å². The highest BCUT2D eigenvalue weighted by atomic mass is 19.1. The quantitative estimate of drug-likeness (QED) is 0.901. The second-order valence-corrected chi connectivity index (χ2v) is 5.26.